The van der Waals surface area contributed by atoms with Crippen molar-refractivity contribution in [2.45, 2.75) is 25.8 Å². The maximum atomic E-state index is 15.2. The number of fused-ring (bicyclic) bond motifs is 6. The summed E-state index contributed by atoms with van der Waals surface area (Å²) in [6.45, 7) is 1.80. The van der Waals surface area contributed by atoms with Gasteiger partial charge in [-0.1, -0.05) is 11.6 Å². The normalized spacial score (nSPS) is 14.1. The first-order valence-corrected chi connectivity index (χ1v) is 10.7. The molecule has 0 aliphatic heterocycles. The van der Waals surface area contributed by atoms with Crippen LogP contribution in [-0.2, 0) is 4.74 Å². The van der Waals surface area contributed by atoms with Crippen LogP contribution in [0.3, 0.4) is 0 Å². The molecule has 160 valence electrons. The molecule has 1 saturated carbocycles. The number of rotatable bonds is 3. The summed E-state index contributed by atoms with van der Waals surface area (Å²) in [4.78, 5) is 37.9. The summed E-state index contributed by atoms with van der Waals surface area (Å²) < 4.78 is 22.1. The maximum Gasteiger partial charge on any atom is 0.343 e. The number of hydrogen-bond acceptors (Lipinski definition) is 5. The SMILES string of the molecule is CCOC(=O)c1cn(C2CC2)c2c(cc(F)c3nc4[nH]c5ccc(Cl)cc5c4nc32)c1=O. The van der Waals surface area contributed by atoms with Crippen LogP contribution in [0.4, 0.5) is 4.39 Å². The highest BCUT2D eigenvalue weighted by Gasteiger charge is 2.29. The summed E-state index contributed by atoms with van der Waals surface area (Å²) in [7, 11) is 0. The Bertz CT molecular complexity index is 1670. The van der Waals surface area contributed by atoms with E-state index in [2.05, 4.69) is 9.97 Å². The fraction of sp³-hybridized carbons (Fsp3) is 0.217. The molecule has 7 nitrogen and oxygen atoms in total. The third kappa shape index (κ3) is 2.72. The number of pyridine rings is 1. The molecule has 1 fully saturated rings. The van der Waals surface area contributed by atoms with Gasteiger partial charge in [-0.2, -0.15) is 0 Å². The Morgan fingerprint density at radius 1 is 1.22 bits per heavy atom. The molecule has 0 unspecified atom stereocenters. The highest BCUT2D eigenvalue weighted by Crippen LogP contribution is 2.39. The Balaban J connectivity index is 1.78. The number of halogens is 2. The van der Waals surface area contributed by atoms with E-state index in [1.807, 2.05) is 10.6 Å². The molecule has 0 radical (unpaired) electrons. The van der Waals surface area contributed by atoms with Gasteiger partial charge in [0.05, 0.1) is 17.5 Å². The first kappa shape index (κ1) is 19.2. The van der Waals surface area contributed by atoms with Crippen LogP contribution in [-0.4, -0.2) is 32.1 Å². The monoisotopic (exact) mass is 450 g/mol. The average Bonchev–Trinajstić information content (AvgIpc) is 3.55. The molecule has 1 N–H and O–H groups in total. The van der Waals surface area contributed by atoms with Gasteiger partial charge in [0.2, 0.25) is 5.43 Å². The van der Waals surface area contributed by atoms with Gasteiger partial charge in [0.25, 0.3) is 0 Å². The van der Waals surface area contributed by atoms with E-state index in [0.717, 1.165) is 29.8 Å². The summed E-state index contributed by atoms with van der Waals surface area (Å²) in [5.74, 6) is -1.40. The minimum absolute atomic E-state index is 0.0559. The second-order valence-corrected chi connectivity index (χ2v) is 8.35. The molecule has 3 heterocycles. The smallest absolute Gasteiger partial charge is 0.343 e. The van der Waals surface area contributed by atoms with Gasteiger partial charge in [0.15, 0.2) is 11.5 Å². The number of nitrogens with one attached hydrogen (secondary N) is 1. The lowest BCUT2D eigenvalue weighted by atomic mass is 10.1. The summed E-state index contributed by atoms with van der Waals surface area (Å²) in [5.41, 5.74) is 1.83. The van der Waals surface area contributed by atoms with E-state index in [-0.39, 0.29) is 34.6 Å². The van der Waals surface area contributed by atoms with Gasteiger partial charge in [-0.25, -0.2) is 19.2 Å². The van der Waals surface area contributed by atoms with E-state index in [4.69, 9.17) is 21.3 Å². The molecule has 1 aliphatic carbocycles. The number of aromatic amines is 1. The molecule has 9 heteroatoms. The minimum atomic E-state index is -0.720. The number of hydrogen-bond donors (Lipinski definition) is 1. The van der Waals surface area contributed by atoms with Crippen LogP contribution in [0.15, 0.2) is 35.3 Å². The number of H-pyrrole nitrogens is 1. The number of benzene rings is 2. The summed E-state index contributed by atoms with van der Waals surface area (Å²) in [5, 5.41) is 1.38. The Morgan fingerprint density at radius 2 is 2.03 bits per heavy atom. The van der Waals surface area contributed by atoms with Crippen LogP contribution in [0.1, 0.15) is 36.2 Å². The third-order valence-electron chi connectivity index (χ3n) is 5.81. The van der Waals surface area contributed by atoms with Crippen LogP contribution < -0.4 is 5.43 Å². The Hall–Kier alpha value is -3.52. The minimum Gasteiger partial charge on any atom is -0.462 e. The fourth-order valence-electron chi connectivity index (χ4n) is 4.22. The molecule has 32 heavy (non-hydrogen) atoms. The van der Waals surface area contributed by atoms with Gasteiger partial charge < -0.3 is 14.3 Å². The molecular formula is C23H16ClFN4O3. The second kappa shape index (κ2) is 6.74. The summed E-state index contributed by atoms with van der Waals surface area (Å²) in [6, 6.07) is 6.56. The van der Waals surface area contributed by atoms with E-state index in [9.17, 15) is 9.59 Å². The molecule has 0 saturated heterocycles. The molecule has 2 aromatic carbocycles. The van der Waals surface area contributed by atoms with E-state index in [1.165, 1.54) is 6.20 Å². The van der Waals surface area contributed by atoms with Crippen LogP contribution in [0.5, 0.6) is 0 Å². The molecule has 0 bridgehead atoms. The van der Waals surface area contributed by atoms with Gasteiger partial charge in [-0.15, -0.1) is 0 Å². The van der Waals surface area contributed by atoms with E-state index in [1.54, 1.807) is 19.1 Å². The number of nitrogens with zero attached hydrogens (tertiary/aromatic N) is 3. The van der Waals surface area contributed by atoms with Crippen LogP contribution in [0.25, 0.3) is 44.0 Å². The lowest BCUT2D eigenvalue weighted by Gasteiger charge is -2.14. The fourth-order valence-corrected chi connectivity index (χ4v) is 4.39. The number of aromatic nitrogens is 4. The zero-order valence-corrected chi connectivity index (χ0v) is 17.7. The molecule has 5 aromatic rings. The van der Waals surface area contributed by atoms with Crippen molar-refractivity contribution >= 4 is 61.6 Å². The van der Waals surface area contributed by atoms with Crippen molar-refractivity contribution in [1.29, 1.82) is 0 Å². The maximum absolute atomic E-state index is 15.2. The van der Waals surface area contributed by atoms with Gasteiger partial charge in [-0.3, -0.25) is 4.79 Å². The van der Waals surface area contributed by atoms with Gasteiger partial charge in [0.1, 0.15) is 22.1 Å². The average molecular weight is 451 g/mol. The first-order chi connectivity index (χ1) is 15.5. The van der Waals surface area contributed by atoms with E-state index >= 15 is 4.39 Å². The van der Waals surface area contributed by atoms with Crippen LogP contribution >= 0.6 is 11.6 Å². The lowest BCUT2D eigenvalue weighted by molar-refractivity contribution is 0.0524. The zero-order valence-electron chi connectivity index (χ0n) is 16.9. The number of esters is 1. The third-order valence-corrected chi connectivity index (χ3v) is 6.05. The van der Waals surface area contributed by atoms with Crippen molar-refractivity contribution in [3.05, 3.63) is 57.1 Å². The Kier molecular flexibility index (Phi) is 4.04. The van der Waals surface area contributed by atoms with E-state index in [0.29, 0.717) is 21.7 Å². The second-order valence-electron chi connectivity index (χ2n) is 7.92. The molecular weight excluding hydrogens is 435 g/mol. The standard InChI is InChI=1S/C23H16ClFN4O3/c1-2-32-23(31)14-9-29(11-4-5-11)20-13(21(14)30)8-15(25)18-19(20)27-17-12-7-10(24)3-6-16(12)26-22(17)28-18/h3,6-9,11H,2,4-5H2,1H3,(H,26,28). The number of carbonyl (C=O) groups excluding carboxylic acids is 1. The molecule has 0 atom stereocenters. The van der Waals surface area contributed by atoms with Gasteiger partial charge >= 0.3 is 5.97 Å². The van der Waals surface area contributed by atoms with E-state index < -0.39 is 17.2 Å². The van der Waals surface area contributed by atoms with Crippen molar-refractivity contribution in [2.24, 2.45) is 0 Å². The van der Waals surface area contributed by atoms with Crippen LogP contribution in [0.2, 0.25) is 5.02 Å². The first-order valence-electron chi connectivity index (χ1n) is 10.3. The van der Waals surface area contributed by atoms with Gasteiger partial charge in [-0.05, 0) is 44.0 Å². The van der Waals surface area contributed by atoms with Crippen molar-refractivity contribution < 1.29 is 13.9 Å². The molecule has 6 rings (SSSR count). The highest BCUT2D eigenvalue weighted by atomic mass is 35.5. The topological polar surface area (TPSA) is 89.9 Å². The molecule has 0 amide bonds. The highest BCUT2D eigenvalue weighted by molar-refractivity contribution is 6.31. The quantitative estimate of drug-likeness (QED) is 0.312. The summed E-state index contributed by atoms with van der Waals surface area (Å²) >= 11 is 6.17. The van der Waals surface area contributed by atoms with Crippen molar-refractivity contribution in [3.8, 4) is 0 Å². The number of ether oxygens (including phenoxy) is 1. The molecule has 1 aliphatic rings. The molecule has 0 spiro atoms. The summed E-state index contributed by atoms with van der Waals surface area (Å²) in [6.07, 6.45) is 3.28. The van der Waals surface area contributed by atoms with Crippen LogP contribution in [0, 0.1) is 5.82 Å². The lowest BCUT2D eigenvalue weighted by Crippen LogP contribution is -2.21. The van der Waals surface area contributed by atoms with Crippen molar-refractivity contribution in [3.63, 3.8) is 0 Å². The predicted octanol–water partition coefficient (Wildman–Crippen LogP) is 4.88. The predicted molar refractivity (Wildman–Crippen MR) is 120 cm³/mol. The Morgan fingerprint density at radius 3 is 2.78 bits per heavy atom. The van der Waals surface area contributed by atoms with Crippen molar-refractivity contribution in [2.75, 3.05) is 6.61 Å². The number of carbonyl (C=O) groups is 1. The van der Waals surface area contributed by atoms with Gasteiger partial charge in [0, 0.05) is 28.2 Å². The Labute approximate surface area is 184 Å². The zero-order chi connectivity index (χ0) is 22.1. The largest absolute Gasteiger partial charge is 0.462 e. The van der Waals surface area contributed by atoms with Crippen molar-refractivity contribution in [1.82, 2.24) is 19.5 Å². The molecule has 3 aromatic heterocycles.